The predicted molar refractivity (Wildman–Crippen MR) is 79.2 cm³/mol. The normalized spacial score (nSPS) is 20.1. The summed E-state index contributed by atoms with van der Waals surface area (Å²) in [5, 5.41) is 3.70. The fourth-order valence-corrected chi connectivity index (χ4v) is 3.56. The van der Waals surface area contributed by atoms with Gasteiger partial charge in [-0.3, -0.25) is 0 Å². The van der Waals surface area contributed by atoms with Crippen LogP contribution in [-0.2, 0) is 6.54 Å². The number of imidazole rings is 1. The summed E-state index contributed by atoms with van der Waals surface area (Å²) in [5.41, 5.74) is 0.217. The van der Waals surface area contributed by atoms with Crippen LogP contribution in [0.1, 0.15) is 51.4 Å². The highest BCUT2D eigenvalue weighted by molar-refractivity contribution is 5.12. The molecule has 0 radical (unpaired) electrons. The molecule has 1 fully saturated rings. The summed E-state index contributed by atoms with van der Waals surface area (Å²) >= 11 is 0. The van der Waals surface area contributed by atoms with Gasteiger partial charge >= 0.3 is 0 Å². The molecule has 0 aliphatic heterocycles. The average molecular weight is 264 g/mol. The molecule has 1 atom stereocenters. The van der Waals surface area contributed by atoms with Crippen molar-refractivity contribution in [2.75, 3.05) is 20.6 Å². The second kappa shape index (κ2) is 6.06. The number of nitrogens with zero attached hydrogens (tertiary/aromatic N) is 3. The van der Waals surface area contributed by atoms with E-state index in [0.29, 0.717) is 6.04 Å². The van der Waals surface area contributed by atoms with Crippen LogP contribution in [0.2, 0.25) is 0 Å². The van der Waals surface area contributed by atoms with Crippen molar-refractivity contribution in [3.05, 3.63) is 18.2 Å². The summed E-state index contributed by atoms with van der Waals surface area (Å²) in [7, 11) is 4.43. The van der Waals surface area contributed by atoms with E-state index in [0.717, 1.165) is 13.1 Å². The first-order valence-corrected chi connectivity index (χ1v) is 7.57. The van der Waals surface area contributed by atoms with Crippen LogP contribution in [0, 0.1) is 0 Å². The maximum Gasteiger partial charge on any atom is 0.127 e. The second-order valence-electron chi connectivity index (χ2n) is 5.77. The van der Waals surface area contributed by atoms with Gasteiger partial charge in [-0.15, -0.1) is 0 Å². The van der Waals surface area contributed by atoms with E-state index in [1.807, 2.05) is 6.20 Å². The first-order valence-electron chi connectivity index (χ1n) is 7.57. The molecule has 4 heteroatoms. The quantitative estimate of drug-likeness (QED) is 0.856. The van der Waals surface area contributed by atoms with E-state index in [4.69, 9.17) is 0 Å². The molecule has 1 aliphatic rings. The van der Waals surface area contributed by atoms with Gasteiger partial charge in [0.1, 0.15) is 5.82 Å². The van der Waals surface area contributed by atoms with Gasteiger partial charge in [0, 0.05) is 24.5 Å². The van der Waals surface area contributed by atoms with E-state index >= 15 is 0 Å². The maximum atomic E-state index is 4.65. The smallest absolute Gasteiger partial charge is 0.127 e. The Morgan fingerprint density at radius 2 is 2.05 bits per heavy atom. The van der Waals surface area contributed by atoms with Crippen LogP contribution < -0.4 is 5.32 Å². The molecule has 1 heterocycles. The molecule has 1 aliphatic carbocycles. The SMILES string of the molecule is CCNC(c1nccn1CC)C1(N(C)C)CCCC1. The number of aromatic nitrogens is 2. The fourth-order valence-electron chi connectivity index (χ4n) is 3.56. The van der Waals surface area contributed by atoms with Crippen LogP contribution in [0.4, 0.5) is 0 Å². The molecule has 0 saturated heterocycles. The zero-order chi connectivity index (χ0) is 13.9. The third kappa shape index (κ3) is 2.56. The molecule has 1 aromatic heterocycles. The van der Waals surface area contributed by atoms with Crippen molar-refractivity contribution in [2.24, 2.45) is 0 Å². The molecule has 0 spiro atoms. The monoisotopic (exact) mass is 264 g/mol. The lowest BCUT2D eigenvalue weighted by molar-refractivity contribution is 0.0993. The minimum Gasteiger partial charge on any atom is -0.334 e. The van der Waals surface area contributed by atoms with Crippen LogP contribution in [0.5, 0.6) is 0 Å². The second-order valence-corrected chi connectivity index (χ2v) is 5.77. The molecule has 1 saturated carbocycles. The van der Waals surface area contributed by atoms with Gasteiger partial charge in [0.05, 0.1) is 6.04 Å². The lowest BCUT2D eigenvalue weighted by atomic mass is 9.86. The molecule has 0 amide bonds. The first kappa shape index (κ1) is 14.5. The van der Waals surface area contributed by atoms with Gasteiger partial charge < -0.3 is 14.8 Å². The lowest BCUT2D eigenvalue weighted by Gasteiger charge is -2.43. The Bertz CT molecular complexity index is 391. The molecular weight excluding hydrogens is 236 g/mol. The third-order valence-electron chi connectivity index (χ3n) is 4.65. The Balaban J connectivity index is 2.38. The van der Waals surface area contributed by atoms with Gasteiger partial charge in [-0.1, -0.05) is 19.8 Å². The highest BCUT2D eigenvalue weighted by Crippen LogP contribution is 2.42. The zero-order valence-electron chi connectivity index (χ0n) is 12.8. The predicted octanol–water partition coefficient (Wildman–Crippen LogP) is 2.43. The molecule has 108 valence electrons. The van der Waals surface area contributed by atoms with Crippen LogP contribution >= 0.6 is 0 Å². The van der Waals surface area contributed by atoms with E-state index < -0.39 is 0 Å². The van der Waals surface area contributed by atoms with Crippen LogP contribution in [-0.4, -0.2) is 40.6 Å². The molecule has 1 unspecified atom stereocenters. The van der Waals surface area contributed by atoms with Crippen molar-refractivity contribution in [2.45, 2.75) is 57.7 Å². The van der Waals surface area contributed by atoms with Crippen LogP contribution in [0.3, 0.4) is 0 Å². The Morgan fingerprint density at radius 3 is 2.58 bits per heavy atom. The molecule has 1 aromatic rings. The van der Waals surface area contributed by atoms with Crippen molar-refractivity contribution in [3.63, 3.8) is 0 Å². The minimum absolute atomic E-state index is 0.217. The topological polar surface area (TPSA) is 33.1 Å². The number of hydrogen-bond donors (Lipinski definition) is 1. The van der Waals surface area contributed by atoms with Crippen LogP contribution in [0.25, 0.3) is 0 Å². The molecule has 0 bridgehead atoms. The van der Waals surface area contributed by atoms with E-state index in [-0.39, 0.29) is 5.54 Å². The first-order chi connectivity index (χ1) is 9.15. The van der Waals surface area contributed by atoms with Crippen molar-refractivity contribution in [3.8, 4) is 0 Å². The number of rotatable bonds is 6. The summed E-state index contributed by atoms with van der Waals surface area (Å²) < 4.78 is 2.27. The highest BCUT2D eigenvalue weighted by Gasteiger charge is 2.45. The van der Waals surface area contributed by atoms with Crippen LogP contribution in [0.15, 0.2) is 12.4 Å². The van der Waals surface area contributed by atoms with E-state index in [2.05, 4.69) is 53.9 Å². The Hall–Kier alpha value is -0.870. The summed E-state index contributed by atoms with van der Waals surface area (Å²) in [5.74, 6) is 1.19. The van der Waals surface area contributed by atoms with Gasteiger partial charge in [0.15, 0.2) is 0 Å². The van der Waals surface area contributed by atoms with Crippen molar-refractivity contribution < 1.29 is 0 Å². The molecular formula is C15H28N4. The standard InChI is InChI=1S/C15H28N4/c1-5-16-13(14-17-11-12-19(14)6-2)15(18(3)4)9-7-8-10-15/h11-13,16H,5-10H2,1-4H3. The number of hydrogen-bond acceptors (Lipinski definition) is 3. The highest BCUT2D eigenvalue weighted by atomic mass is 15.2. The minimum atomic E-state index is 0.217. The number of likely N-dealkylation sites (N-methyl/N-ethyl adjacent to an activating group) is 2. The molecule has 0 aromatic carbocycles. The molecule has 4 nitrogen and oxygen atoms in total. The molecule has 1 N–H and O–H groups in total. The largest absolute Gasteiger partial charge is 0.334 e. The van der Waals surface area contributed by atoms with Crippen molar-refractivity contribution >= 4 is 0 Å². The third-order valence-corrected chi connectivity index (χ3v) is 4.65. The Morgan fingerprint density at radius 1 is 1.37 bits per heavy atom. The van der Waals surface area contributed by atoms with E-state index in [1.54, 1.807) is 0 Å². The van der Waals surface area contributed by atoms with Crippen molar-refractivity contribution in [1.82, 2.24) is 19.8 Å². The summed E-state index contributed by atoms with van der Waals surface area (Å²) in [6, 6.07) is 0.324. The average Bonchev–Trinajstić information content (AvgIpc) is 3.05. The maximum absolute atomic E-state index is 4.65. The number of nitrogens with one attached hydrogen (secondary N) is 1. The van der Waals surface area contributed by atoms with Gasteiger partial charge in [-0.25, -0.2) is 4.98 Å². The lowest BCUT2D eigenvalue weighted by Crippen LogP contribution is -2.52. The van der Waals surface area contributed by atoms with Gasteiger partial charge in [-0.05, 0) is 40.4 Å². The Labute approximate surface area is 117 Å². The molecule has 2 rings (SSSR count). The van der Waals surface area contributed by atoms with Gasteiger partial charge in [-0.2, -0.15) is 0 Å². The summed E-state index contributed by atoms with van der Waals surface area (Å²) in [4.78, 5) is 7.07. The fraction of sp³-hybridized carbons (Fsp3) is 0.800. The van der Waals surface area contributed by atoms with Gasteiger partial charge in [0.2, 0.25) is 0 Å². The Kier molecular flexibility index (Phi) is 4.63. The summed E-state index contributed by atoms with van der Waals surface area (Å²) in [6.07, 6.45) is 9.20. The molecule has 19 heavy (non-hydrogen) atoms. The zero-order valence-corrected chi connectivity index (χ0v) is 12.8. The number of aryl methyl sites for hydroxylation is 1. The van der Waals surface area contributed by atoms with Crippen molar-refractivity contribution in [1.29, 1.82) is 0 Å². The summed E-state index contributed by atoms with van der Waals surface area (Å²) in [6.45, 7) is 6.34. The van der Waals surface area contributed by atoms with E-state index in [9.17, 15) is 0 Å². The van der Waals surface area contributed by atoms with Gasteiger partial charge in [0.25, 0.3) is 0 Å². The van der Waals surface area contributed by atoms with E-state index in [1.165, 1.54) is 31.5 Å².